The lowest BCUT2D eigenvalue weighted by Crippen LogP contribution is -2.34. The largest absolute Gasteiger partial charge is 0.481 e. The molecular formula is C14H17ClN2O4S. The summed E-state index contributed by atoms with van der Waals surface area (Å²) < 4.78 is 26.8. The zero-order valence-corrected chi connectivity index (χ0v) is 13.8. The molecule has 0 radical (unpaired) electrons. The van der Waals surface area contributed by atoms with Gasteiger partial charge in [-0.1, -0.05) is 31.5 Å². The summed E-state index contributed by atoms with van der Waals surface area (Å²) in [7, 11) is -4.01. The van der Waals surface area contributed by atoms with Gasteiger partial charge in [0.25, 0.3) is 0 Å². The number of carboxylic acids is 1. The molecule has 0 amide bonds. The molecule has 0 aliphatic rings. The molecular weight excluding hydrogens is 328 g/mol. The molecule has 0 spiro atoms. The van der Waals surface area contributed by atoms with Crippen molar-refractivity contribution in [3.63, 3.8) is 0 Å². The SMILES string of the molecule is CC(C)CC(CNS(=O)(=O)c1cccc(Cl)c1C#N)C(=O)O. The Labute approximate surface area is 134 Å². The molecule has 0 aliphatic carbocycles. The molecule has 1 rings (SSSR count). The molecule has 1 atom stereocenters. The number of hydrogen-bond donors (Lipinski definition) is 2. The fourth-order valence-corrected chi connectivity index (χ4v) is 3.50. The van der Waals surface area contributed by atoms with Crippen LogP contribution in [-0.4, -0.2) is 26.0 Å². The Hall–Kier alpha value is -1.62. The Morgan fingerprint density at radius 2 is 2.09 bits per heavy atom. The van der Waals surface area contributed by atoms with E-state index < -0.39 is 21.9 Å². The van der Waals surface area contributed by atoms with Crippen LogP contribution >= 0.6 is 11.6 Å². The molecule has 2 N–H and O–H groups in total. The summed E-state index contributed by atoms with van der Waals surface area (Å²) in [5, 5.41) is 18.2. The minimum absolute atomic E-state index is 0.0299. The highest BCUT2D eigenvalue weighted by molar-refractivity contribution is 7.89. The molecule has 0 aliphatic heterocycles. The Bertz CT molecular complexity index is 695. The van der Waals surface area contributed by atoms with Gasteiger partial charge in [0.15, 0.2) is 0 Å². The lowest BCUT2D eigenvalue weighted by Gasteiger charge is -2.16. The highest BCUT2D eigenvalue weighted by Gasteiger charge is 2.25. The van der Waals surface area contributed by atoms with Crippen LogP contribution in [0.3, 0.4) is 0 Å². The van der Waals surface area contributed by atoms with E-state index in [0.717, 1.165) is 0 Å². The third-order valence-corrected chi connectivity index (χ3v) is 4.78. The van der Waals surface area contributed by atoms with E-state index in [1.165, 1.54) is 18.2 Å². The number of carbonyl (C=O) groups is 1. The second-order valence-electron chi connectivity index (χ2n) is 5.24. The van der Waals surface area contributed by atoms with E-state index >= 15 is 0 Å². The number of nitrogens with one attached hydrogen (secondary N) is 1. The van der Waals surface area contributed by atoms with Crippen LogP contribution in [0.25, 0.3) is 0 Å². The van der Waals surface area contributed by atoms with Crippen LogP contribution in [0, 0.1) is 23.2 Å². The molecule has 1 unspecified atom stereocenters. The Morgan fingerprint density at radius 3 is 2.59 bits per heavy atom. The second kappa shape index (κ2) is 7.58. The Morgan fingerprint density at radius 1 is 1.45 bits per heavy atom. The van der Waals surface area contributed by atoms with E-state index in [2.05, 4.69) is 4.72 Å². The number of rotatable bonds is 7. The minimum Gasteiger partial charge on any atom is -0.481 e. The Balaban J connectivity index is 3.00. The van der Waals surface area contributed by atoms with Crippen molar-refractivity contribution >= 4 is 27.6 Å². The topological polar surface area (TPSA) is 107 Å². The second-order valence-corrected chi connectivity index (χ2v) is 7.38. The van der Waals surface area contributed by atoms with Crippen LogP contribution in [0.5, 0.6) is 0 Å². The number of sulfonamides is 1. The number of benzene rings is 1. The van der Waals surface area contributed by atoms with E-state index in [-0.39, 0.29) is 27.9 Å². The molecule has 8 heteroatoms. The first-order valence-corrected chi connectivity index (χ1v) is 8.46. The Kier molecular flexibility index (Phi) is 6.35. The van der Waals surface area contributed by atoms with Gasteiger partial charge in [0.1, 0.15) is 11.0 Å². The summed E-state index contributed by atoms with van der Waals surface area (Å²) in [6.07, 6.45) is 0.346. The van der Waals surface area contributed by atoms with Gasteiger partial charge < -0.3 is 5.11 Å². The third-order valence-electron chi connectivity index (χ3n) is 3.00. The third kappa shape index (κ3) is 4.70. The van der Waals surface area contributed by atoms with E-state index in [4.69, 9.17) is 22.0 Å². The summed E-state index contributed by atoms with van der Waals surface area (Å²) >= 11 is 5.81. The van der Waals surface area contributed by atoms with Crippen molar-refractivity contribution in [2.75, 3.05) is 6.54 Å². The monoisotopic (exact) mass is 344 g/mol. The van der Waals surface area contributed by atoms with E-state index in [1.54, 1.807) is 6.07 Å². The number of halogens is 1. The standard InChI is InChI=1S/C14H17ClN2O4S/c1-9(2)6-10(14(18)19)8-17-22(20,21)13-5-3-4-12(15)11(13)7-16/h3-5,9-10,17H,6,8H2,1-2H3,(H,18,19). The molecule has 0 fully saturated rings. The van der Waals surface area contributed by atoms with Crippen LogP contribution in [-0.2, 0) is 14.8 Å². The van der Waals surface area contributed by atoms with Crippen molar-refractivity contribution in [2.45, 2.75) is 25.2 Å². The van der Waals surface area contributed by atoms with Gasteiger partial charge in [-0.3, -0.25) is 4.79 Å². The van der Waals surface area contributed by atoms with Crippen molar-refractivity contribution in [1.82, 2.24) is 4.72 Å². The zero-order chi connectivity index (χ0) is 16.9. The smallest absolute Gasteiger partial charge is 0.307 e. The summed E-state index contributed by atoms with van der Waals surface area (Å²) in [5.74, 6) is -1.78. The maximum atomic E-state index is 12.3. The first-order valence-electron chi connectivity index (χ1n) is 6.60. The average Bonchev–Trinajstić information content (AvgIpc) is 2.42. The zero-order valence-electron chi connectivity index (χ0n) is 12.2. The van der Waals surface area contributed by atoms with E-state index in [1.807, 2.05) is 13.8 Å². The highest BCUT2D eigenvalue weighted by atomic mass is 35.5. The van der Waals surface area contributed by atoms with Gasteiger partial charge in [-0.2, -0.15) is 5.26 Å². The summed E-state index contributed by atoms with van der Waals surface area (Å²) in [6, 6.07) is 5.83. The number of carboxylic acid groups (broad SMARTS) is 1. The molecule has 0 aromatic heterocycles. The molecule has 22 heavy (non-hydrogen) atoms. The van der Waals surface area contributed by atoms with Crippen molar-refractivity contribution < 1.29 is 18.3 Å². The van der Waals surface area contributed by atoms with Gasteiger partial charge in [-0.25, -0.2) is 13.1 Å². The van der Waals surface area contributed by atoms with Crippen molar-refractivity contribution in [1.29, 1.82) is 5.26 Å². The van der Waals surface area contributed by atoms with E-state index in [0.29, 0.717) is 6.42 Å². The summed E-state index contributed by atoms with van der Waals surface area (Å²) in [5.41, 5.74) is -0.160. The van der Waals surface area contributed by atoms with Crippen LogP contribution in [0.2, 0.25) is 5.02 Å². The van der Waals surface area contributed by atoms with Crippen LogP contribution in [0.1, 0.15) is 25.8 Å². The number of nitriles is 1. The molecule has 1 aromatic carbocycles. The predicted octanol–water partition coefficient (Wildman–Crippen LogP) is 2.24. The van der Waals surface area contributed by atoms with Crippen molar-refractivity contribution in [3.8, 4) is 6.07 Å². The van der Waals surface area contributed by atoms with Crippen LogP contribution in [0.15, 0.2) is 23.1 Å². The van der Waals surface area contributed by atoms with Crippen LogP contribution < -0.4 is 4.72 Å². The summed E-state index contributed by atoms with van der Waals surface area (Å²) in [4.78, 5) is 10.9. The fourth-order valence-electron chi connectivity index (χ4n) is 1.97. The molecule has 0 saturated heterocycles. The maximum absolute atomic E-state index is 12.3. The molecule has 1 aromatic rings. The molecule has 0 bridgehead atoms. The summed E-state index contributed by atoms with van der Waals surface area (Å²) in [6.45, 7) is 3.47. The highest BCUT2D eigenvalue weighted by Crippen LogP contribution is 2.23. The van der Waals surface area contributed by atoms with Gasteiger partial charge in [0.05, 0.1) is 16.5 Å². The van der Waals surface area contributed by atoms with Crippen molar-refractivity contribution in [2.24, 2.45) is 11.8 Å². The number of hydrogen-bond acceptors (Lipinski definition) is 4. The molecule has 120 valence electrons. The fraction of sp³-hybridized carbons (Fsp3) is 0.429. The van der Waals surface area contributed by atoms with E-state index in [9.17, 15) is 13.2 Å². The normalized spacial score (nSPS) is 12.9. The lowest BCUT2D eigenvalue weighted by atomic mass is 9.98. The average molecular weight is 345 g/mol. The van der Waals surface area contributed by atoms with Gasteiger partial charge in [0.2, 0.25) is 10.0 Å². The molecule has 0 heterocycles. The van der Waals surface area contributed by atoms with Gasteiger partial charge in [-0.05, 0) is 24.5 Å². The molecule has 0 saturated carbocycles. The lowest BCUT2D eigenvalue weighted by molar-refractivity contribution is -0.142. The predicted molar refractivity (Wildman–Crippen MR) is 81.9 cm³/mol. The van der Waals surface area contributed by atoms with Gasteiger partial charge >= 0.3 is 5.97 Å². The van der Waals surface area contributed by atoms with Gasteiger partial charge in [0, 0.05) is 6.54 Å². The number of aliphatic carboxylic acids is 1. The van der Waals surface area contributed by atoms with Gasteiger partial charge in [-0.15, -0.1) is 0 Å². The first kappa shape index (κ1) is 18.4. The van der Waals surface area contributed by atoms with Crippen molar-refractivity contribution in [3.05, 3.63) is 28.8 Å². The first-order chi connectivity index (χ1) is 10.2. The number of nitrogens with zero attached hydrogens (tertiary/aromatic N) is 1. The molecule has 6 nitrogen and oxygen atoms in total. The quantitative estimate of drug-likeness (QED) is 0.788. The maximum Gasteiger partial charge on any atom is 0.307 e. The van der Waals surface area contributed by atoms with Crippen LogP contribution in [0.4, 0.5) is 0 Å². The minimum atomic E-state index is -4.01.